The number of carbonyl (C=O) groups excluding carboxylic acids is 2. The van der Waals surface area contributed by atoms with Gasteiger partial charge in [-0.15, -0.1) is 0 Å². The Morgan fingerprint density at radius 3 is 2.79 bits per heavy atom. The Morgan fingerprint density at radius 2 is 2.05 bits per heavy atom. The highest BCUT2D eigenvalue weighted by molar-refractivity contribution is 5.79. The lowest BCUT2D eigenvalue weighted by atomic mass is 10.2. The van der Waals surface area contributed by atoms with Crippen LogP contribution in [-0.2, 0) is 20.9 Å². The first-order chi connectivity index (χ1) is 9.08. The second kappa shape index (κ2) is 5.30. The van der Waals surface area contributed by atoms with Crippen LogP contribution in [0, 0.1) is 0 Å². The first-order valence-corrected chi connectivity index (χ1v) is 5.46. The van der Waals surface area contributed by atoms with E-state index in [4.69, 9.17) is 5.73 Å². The van der Waals surface area contributed by atoms with E-state index in [0.29, 0.717) is 10.9 Å². The Balaban J connectivity index is 2.22. The Kier molecular flexibility index (Phi) is 3.56. The lowest BCUT2D eigenvalue weighted by molar-refractivity contribution is -0.148. The largest absolute Gasteiger partial charge is 0.454 e. The number of rotatable bonds is 4. The van der Waals surface area contributed by atoms with Gasteiger partial charge in [-0.2, -0.15) is 0 Å². The molecule has 2 N–H and O–H groups in total. The molecule has 0 spiro atoms. The van der Waals surface area contributed by atoms with Crippen molar-refractivity contribution >= 4 is 22.8 Å². The van der Waals surface area contributed by atoms with Gasteiger partial charge >= 0.3 is 5.97 Å². The van der Waals surface area contributed by atoms with Gasteiger partial charge in [0, 0.05) is 0 Å². The number of ether oxygens (including phenoxy) is 1. The average molecular weight is 261 g/mol. The van der Waals surface area contributed by atoms with E-state index in [-0.39, 0.29) is 12.1 Å². The van der Waals surface area contributed by atoms with Crippen LogP contribution in [0.15, 0.2) is 35.4 Å². The third kappa shape index (κ3) is 2.95. The van der Waals surface area contributed by atoms with Crippen molar-refractivity contribution in [2.75, 3.05) is 6.61 Å². The summed E-state index contributed by atoms with van der Waals surface area (Å²) in [4.78, 5) is 37.9. The summed E-state index contributed by atoms with van der Waals surface area (Å²) in [5.74, 6) is -1.48. The molecule has 2 rings (SSSR count). The van der Waals surface area contributed by atoms with Gasteiger partial charge in [0.05, 0.1) is 17.2 Å². The van der Waals surface area contributed by atoms with Crippen molar-refractivity contribution in [2.45, 2.75) is 6.54 Å². The summed E-state index contributed by atoms with van der Waals surface area (Å²) in [6, 6.07) is 6.80. The molecule has 2 aromatic rings. The third-order valence-electron chi connectivity index (χ3n) is 2.41. The van der Waals surface area contributed by atoms with E-state index in [0.717, 1.165) is 4.57 Å². The molecule has 1 heterocycles. The number of primary amides is 1. The molecule has 1 amide bonds. The molecule has 0 aliphatic rings. The fourth-order valence-corrected chi connectivity index (χ4v) is 1.56. The minimum Gasteiger partial charge on any atom is -0.454 e. The summed E-state index contributed by atoms with van der Waals surface area (Å²) < 4.78 is 5.69. The van der Waals surface area contributed by atoms with E-state index in [9.17, 15) is 14.4 Å². The van der Waals surface area contributed by atoms with Gasteiger partial charge in [-0.1, -0.05) is 12.1 Å². The molecule has 0 unspecified atom stereocenters. The van der Waals surface area contributed by atoms with Crippen LogP contribution in [0.2, 0.25) is 0 Å². The number of nitrogens with zero attached hydrogens (tertiary/aromatic N) is 2. The zero-order valence-electron chi connectivity index (χ0n) is 9.91. The number of aromatic nitrogens is 2. The average Bonchev–Trinajstić information content (AvgIpc) is 2.40. The van der Waals surface area contributed by atoms with Crippen molar-refractivity contribution < 1.29 is 14.3 Å². The van der Waals surface area contributed by atoms with Crippen LogP contribution in [0.3, 0.4) is 0 Å². The number of fused-ring (bicyclic) bond motifs is 1. The standard InChI is InChI=1S/C12H11N3O4/c13-10(16)6-19-11(17)5-15-7-14-9-4-2-1-3-8(9)12(15)18/h1-4,7H,5-6H2,(H2,13,16). The van der Waals surface area contributed by atoms with Crippen molar-refractivity contribution in [3.63, 3.8) is 0 Å². The van der Waals surface area contributed by atoms with Crippen LogP contribution in [0.4, 0.5) is 0 Å². The van der Waals surface area contributed by atoms with Crippen molar-refractivity contribution in [1.29, 1.82) is 0 Å². The number of esters is 1. The van der Waals surface area contributed by atoms with Crippen LogP contribution >= 0.6 is 0 Å². The van der Waals surface area contributed by atoms with Crippen LogP contribution < -0.4 is 11.3 Å². The van der Waals surface area contributed by atoms with Crippen molar-refractivity contribution in [3.8, 4) is 0 Å². The van der Waals surface area contributed by atoms with Gasteiger partial charge in [-0.05, 0) is 12.1 Å². The normalized spacial score (nSPS) is 10.3. The van der Waals surface area contributed by atoms with E-state index >= 15 is 0 Å². The van der Waals surface area contributed by atoms with Crippen LogP contribution in [-0.4, -0.2) is 28.0 Å². The van der Waals surface area contributed by atoms with Crippen molar-refractivity contribution in [3.05, 3.63) is 40.9 Å². The number of hydrogen-bond acceptors (Lipinski definition) is 5. The topological polar surface area (TPSA) is 104 Å². The van der Waals surface area contributed by atoms with Crippen LogP contribution in [0.5, 0.6) is 0 Å². The summed E-state index contributed by atoms with van der Waals surface area (Å²) in [6.07, 6.45) is 1.26. The third-order valence-corrected chi connectivity index (χ3v) is 2.41. The summed E-state index contributed by atoms with van der Waals surface area (Å²) >= 11 is 0. The maximum Gasteiger partial charge on any atom is 0.326 e. The predicted octanol–water partition coefficient (Wildman–Crippen LogP) is -0.575. The smallest absolute Gasteiger partial charge is 0.326 e. The molecule has 98 valence electrons. The predicted molar refractivity (Wildman–Crippen MR) is 66.2 cm³/mol. The number of nitrogens with two attached hydrogens (primary N) is 1. The molecule has 0 aliphatic heterocycles. The van der Waals surface area contributed by atoms with Crippen LogP contribution in [0.25, 0.3) is 10.9 Å². The molecule has 0 saturated heterocycles. The minimum atomic E-state index is -0.752. The molecule has 0 saturated carbocycles. The van der Waals surface area contributed by atoms with Crippen molar-refractivity contribution in [2.24, 2.45) is 5.73 Å². The zero-order chi connectivity index (χ0) is 13.8. The maximum atomic E-state index is 12.0. The second-order valence-corrected chi connectivity index (χ2v) is 3.82. The molecule has 0 aliphatic carbocycles. The lowest BCUT2D eigenvalue weighted by Crippen LogP contribution is -2.28. The van der Waals surface area contributed by atoms with E-state index in [1.54, 1.807) is 24.3 Å². The molecule has 7 nitrogen and oxygen atoms in total. The minimum absolute atomic E-state index is 0.316. The van der Waals surface area contributed by atoms with Gasteiger partial charge in [0.25, 0.3) is 11.5 Å². The fourth-order valence-electron chi connectivity index (χ4n) is 1.56. The highest BCUT2D eigenvalue weighted by Crippen LogP contribution is 2.04. The SMILES string of the molecule is NC(=O)COC(=O)Cn1cnc2ccccc2c1=O. The number of benzene rings is 1. The Labute approximate surface area is 107 Å². The van der Waals surface area contributed by atoms with Gasteiger partial charge in [-0.25, -0.2) is 4.98 Å². The zero-order valence-corrected chi connectivity index (χ0v) is 9.91. The quantitative estimate of drug-likeness (QED) is 0.742. The monoisotopic (exact) mass is 261 g/mol. The molecule has 1 aromatic carbocycles. The molecule has 0 bridgehead atoms. The molecule has 0 atom stereocenters. The summed E-state index contributed by atoms with van der Waals surface area (Å²) in [5, 5.41) is 0.410. The summed E-state index contributed by atoms with van der Waals surface area (Å²) in [7, 11) is 0. The van der Waals surface area contributed by atoms with Gasteiger partial charge in [0.1, 0.15) is 6.54 Å². The van der Waals surface area contributed by atoms with E-state index in [2.05, 4.69) is 9.72 Å². The fraction of sp³-hybridized carbons (Fsp3) is 0.167. The van der Waals surface area contributed by atoms with Crippen LogP contribution in [0.1, 0.15) is 0 Å². The first kappa shape index (κ1) is 12.7. The number of carbonyl (C=O) groups is 2. The van der Waals surface area contributed by atoms with E-state index < -0.39 is 18.5 Å². The van der Waals surface area contributed by atoms with Gasteiger partial charge < -0.3 is 10.5 Å². The molecule has 0 radical (unpaired) electrons. The highest BCUT2D eigenvalue weighted by Gasteiger charge is 2.09. The van der Waals surface area contributed by atoms with Gasteiger partial charge in [0.2, 0.25) is 0 Å². The molecule has 7 heteroatoms. The lowest BCUT2D eigenvalue weighted by Gasteiger charge is -2.06. The van der Waals surface area contributed by atoms with E-state index in [1.807, 2.05) is 0 Å². The molecule has 0 fully saturated rings. The summed E-state index contributed by atoms with van der Waals surface area (Å²) in [6.45, 7) is -0.821. The second-order valence-electron chi connectivity index (χ2n) is 3.82. The molecule has 19 heavy (non-hydrogen) atoms. The van der Waals surface area contributed by atoms with Gasteiger partial charge in [0.15, 0.2) is 6.61 Å². The van der Waals surface area contributed by atoms with Crippen molar-refractivity contribution in [1.82, 2.24) is 9.55 Å². The molecular weight excluding hydrogens is 250 g/mol. The first-order valence-electron chi connectivity index (χ1n) is 5.46. The molecular formula is C12H11N3O4. The highest BCUT2D eigenvalue weighted by atomic mass is 16.5. The number of para-hydroxylation sites is 1. The molecule has 1 aromatic heterocycles. The number of hydrogen-bond donors (Lipinski definition) is 1. The Morgan fingerprint density at radius 1 is 1.32 bits per heavy atom. The Hall–Kier alpha value is -2.70. The maximum absolute atomic E-state index is 12.0. The summed E-state index contributed by atoms with van der Waals surface area (Å²) in [5.41, 5.74) is 5.05. The van der Waals surface area contributed by atoms with Gasteiger partial charge in [-0.3, -0.25) is 19.0 Å². The Bertz CT molecular complexity index is 693. The number of amides is 1. The van der Waals surface area contributed by atoms with E-state index in [1.165, 1.54) is 6.33 Å².